The summed E-state index contributed by atoms with van der Waals surface area (Å²) >= 11 is 0. The summed E-state index contributed by atoms with van der Waals surface area (Å²) in [6, 6.07) is 8.44. The monoisotopic (exact) mass is 461 g/mol. The average molecular weight is 461 g/mol. The average Bonchev–Trinajstić information content (AvgIpc) is 3.22. The fourth-order valence-corrected chi connectivity index (χ4v) is 3.33. The van der Waals surface area contributed by atoms with E-state index in [2.05, 4.69) is 21.7 Å². The van der Waals surface area contributed by atoms with E-state index in [-0.39, 0.29) is 24.0 Å². The van der Waals surface area contributed by atoms with Gasteiger partial charge in [-0.3, -0.25) is 4.99 Å². The van der Waals surface area contributed by atoms with Crippen LogP contribution in [0.1, 0.15) is 24.8 Å². The molecule has 1 aromatic rings. The maximum Gasteiger partial charge on any atom is 0.191 e. The van der Waals surface area contributed by atoms with E-state index >= 15 is 0 Å². The molecule has 25 heavy (non-hydrogen) atoms. The molecule has 2 aliphatic heterocycles. The molecule has 2 N–H and O–H groups in total. The molecule has 0 amide bonds. The molecule has 2 fully saturated rings. The van der Waals surface area contributed by atoms with Crippen molar-refractivity contribution in [2.24, 2.45) is 4.99 Å². The summed E-state index contributed by atoms with van der Waals surface area (Å²) in [6.07, 6.45) is 4.21. The first-order valence-corrected chi connectivity index (χ1v) is 8.62. The Morgan fingerprint density at radius 1 is 1.32 bits per heavy atom. The summed E-state index contributed by atoms with van der Waals surface area (Å²) in [5.74, 6) is 1.68. The van der Waals surface area contributed by atoms with Crippen molar-refractivity contribution in [1.29, 1.82) is 0 Å². The standard InChI is InChI=1S/C18H27N3O3.HI/c1-19-18(21-16-11-15-6-7-17(16)24-15)20-12-13-4-3-5-14(10-13)23-9-8-22-2;/h3-5,10,15-17H,6-9,11-12H2,1-2H3,(H2,19,20,21);1H. The minimum atomic E-state index is 0. The Kier molecular flexibility index (Phi) is 8.25. The molecule has 0 radical (unpaired) electrons. The van der Waals surface area contributed by atoms with Crippen LogP contribution in [0.4, 0.5) is 0 Å². The number of methoxy groups -OCH3 is 1. The number of fused-ring (bicyclic) bond motifs is 2. The van der Waals surface area contributed by atoms with Gasteiger partial charge in [-0.15, -0.1) is 24.0 Å². The van der Waals surface area contributed by atoms with Crippen LogP contribution in [-0.2, 0) is 16.0 Å². The molecule has 6 nitrogen and oxygen atoms in total. The van der Waals surface area contributed by atoms with Gasteiger partial charge >= 0.3 is 0 Å². The van der Waals surface area contributed by atoms with E-state index in [4.69, 9.17) is 14.2 Å². The summed E-state index contributed by atoms with van der Waals surface area (Å²) in [6.45, 7) is 1.84. The Morgan fingerprint density at radius 2 is 2.20 bits per heavy atom. The zero-order valence-corrected chi connectivity index (χ0v) is 17.2. The maximum atomic E-state index is 5.88. The number of aliphatic imine (C=N–C) groups is 1. The number of hydrogen-bond donors (Lipinski definition) is 2. The molecule has 1 aromatic carbocycles. The third kappa shape index (κ3) is 5.72. The minimum Gasteiger partial charge on any atom is -0.491 e. The number of nitrogens with one attached hydrogen (secondary N) is 2. The third-order valence-corrected chi connectivity index (χ3v) is 4.57. The van der Waals surface area contributed by atoms with E-state index in [9.17, 15) is 0 Å². The molecule has 2 aliphatic rings. The van der Waals surface area contributed by atoms with Gasteiger partial charge in [0.2, 0.25) is 0 Å². The quantitative estimate of drug-likeness (QED) is 0.283. The Labute approximate surface area is 166 Å². The lowest BCUT2D eigenvalue weighted by Gasteiger charge is -2.22. The maximum absolute atomic E-state index is 5.88. The first-order chi connectivity index (χ1) is 11.8. The van der Waals surface area contributed by atoms with Crippen LogP contribution in [0.15, 0.2) is 29.3 Å². The molecule has 140 valence electrons. The van der Waals surface area contributed by atoms with E-state index in [1.165, 1.54) is 6.42 Å². The van der Waals surface area contributed by atoms with Crippen LogP contribution in [0.3, 0.4) is 0 Å². The molecule has 0 saturated carbocycles. The molecule has 3 rings (SSSR count). The first kappa shape index (κ1) is 20.3. The molecule has 2 saturated heterocycles. The summed E-state index contributed by atoms with van der Waals surface area (Å²) < 4.78 is 16.5. The van der Waals surface area contributed by atoms with Gasteiger partial charge in [-0.05, 0) is 37.0 Å². The lowest BCUT2D eigenvalue weighted by Crippen LogP contribution is -2.47. The number of halogens is 1. The van der Waals surface area contributed by atoms with Crippen molar-refractivity contribution in [3.05, 3.63) is 29.8 Å². The van der Waals surface area contributed by atoms with E-state index in [0.717, 1.165) is 30.1 Å². The highest BCUT2D eigenvalue weighted by Crippen LogP contribution is 2.34. The van der Waals surface area contributed by atoms with Gasteiger partial charge in [-0.25, -0.2) is 0 Å². The first-order valence-electron chi connectivity index (χ1n) is 8.62. The summed E-state index contributed by atoms with van der Waals surface area (Å²) in [5.41, 5.74) is 1.15. The lowest BCUT2D eigenvalue weighted by molar-refractivity contribution is 0.0992. The molecule has 0 aromatic heterocycles. The van der Waals surface area contributed by atoms with Gasteiger partial charge in [0.25, 0.3) is 0 Å². The molecule has 3 unspecified atom stereocenters. The molecular weight excluding hydrogens is 433 g/mol. The second kappa shape index (κ2) is 10.2. The smallest absolute Gasteiger partial charge is 0.191 e. The van der Waals surface area contributed by atoms with Crippen LogP contribution in [0, 0.1) is 0 Å². The van der Waals surface area contributed by atoms with Crippen molar-refractivity contribution >= 4 is 29.9 Å². The highest BCUT2D eigenvalue weighted by Gasteiger charge is 2.41. The topological polar surface area (TPSA) is 64.1 Å². The fourth-order valence-electron chi connectivity index (χ4n) is 3.33. The van der Waals surface area contributed by atoms with Gasteiger partial charge in [-0.2, -0.15) is 0 Å². The van der Waals surface area contributed by atoms with Gasteiger partial charge in [0.05, 0.1) is 24.9 Å². The van der Waals surface area contributed by atoms with E-state index in [0.29, 0.717) is 38.0 Å². The Hall–Kier alpha value is -1.06. The lowest BCUT2D eigenvalue weighted by atomic mass is 9.96. The predicted octanol–water partition coefficient (Wildman–Crippen LogP) is 2.31. The van der Waals surface area contributed by atoms with Gasteiger partial charge in [-0.1, -0.05) is 12.1 Å². The Balaban J connectivity index is 0.00000225. The number of rotatable bonds is 7. The molecule has 3 atom stereocenters. The number of guanidine groups is 1. The van der Waals surface area contributed by atoms with Crippen molar-refractivity contribution in [1.82, 2.24) is 10.6 Å². The van der Waals surface area contributed by atoms with Crippen LogP contribution in [0.5, 0.6) is 5.75 Å². The van der Waals surface area contributed by atoms with Crippen molar-refractivity contribution in [3.63, 3.8) is 0 Å². The molecule has 2 bridgehead atoms. The van der Waals surface area contributed by atoms with Crippen molar-refractivity contribution in [2.45, 2.75) is 44.1 Å². The predicted molar refractivity (Wildman–Crippen MR) is 109 cm³/mol. The normalized spacial score (nSPS) is 24.7. The number of benzene rings is 1. The van der Waals surface area contributed by atoms with Crippen LogP contribution in [0.25, 0.3) is 0 Å². The van der Waals surface area contributed by atoms with Gasteiger partial charge in [0.1, 0.15) is 12.4 Å². The zero-order chi connectivity index (χ0) is 16.8. The second-order valence-corrected chi connectivity index (χ2v) is 6.27. The summed E-state index contributed by atoms with van der Waals surface area (Å²) in [5, 5.41) is 6.86. The zero-order valence-electron chi connectivity index (χ0n) is 14.9. The van der Waals surface area contributed by atoms with Crippen LogP contribution in [0.2, 0.25) is 0 Å². The second-order valence-electron chi connectivity index (χ2n) is 6.27. The van der Waals surface area contributed by atoms with Crippen LogP contribution >= 0.6 is 24.0 Å². The molecular formula is C18H28IN3O3. The van der Waals surface area contributed by atoms with Crippen LogP contribution < -0.4 is 15.4 Å². The Morgan fingerprint density at radius 3 is 2.88 bits per heavy atom. The molecule has 0 spiro atoms. The number of hydrogen-bond acceptors (Lipinski definition) is 4. The van der Waals surface area contributed by atoms with E-state index < -0.39 is 0 Å². The summed E-state index contributed by atoms with van der Waals surface area (Å²) in [7, 11) is 3.47. The van der Waals surface area contributed by atoms with Gasteiger partial charge in [0.15, 0.2) is 5.96 Å². The van der Waals surface area contributed by atoms with Gasteiger partial charge < -0.3 is 24.8 Å². The summed E-state index contributed by atoms with van der Waals surface area (Å²) in [4.78, 5) is 4.32. The SMILES string of the molecule is CN=C(NCc1cccc(OCCOC)c1)NC1CC2CCC1O2.I. The number of ether oxygens (including phenoxy) is 3. The van der Waals surface area contributed by atoms with Crippen molar-refractivity contribution < 1.29 is 14.2 Å². The highest BCUT2D eigenvalue weighted by molar-refractivity contribution is 14.0. The molecule has 2 heterocycles. The Bertz CT molecular complexity index is 570. The number of nitrogens with zero attached hydrogens (tertiary/aromatic N) is 1. The molecule has 7 heteroatoms. The third-order valence-electron chi connectivity index (χ3n) is 4.57. The van der Waals surface area contributed by atoms with Crippen LogP contribution in [-0.4, -0.2) is 51.6 Å². The van der Waals surface area contributed by atoms with E-state index in [1.807, 2.05) is 18.2 Å². The largest absolute Gasteiger partial charge is 0.491 e. The highest BCUT2D eigenvalue weighted by atomic mass is 127. The van der Waals surface area contributed by atoms with Crippen molar-refractivity contribution in [3.8, 4) is 5.75 Å². The fraction of sp³-hybridized carbons (Fsp3) is 0.611. The van der Waals surface area contributed by atoms with Gasteiger partial charge in [0, 0.05) is 20.7 Å². The molecule has 0 aliphatic carbocycles. The van der Waals surface area contributed by atoms with Crippen molar-refractivity contribution in [2.75, 3.05) is 27.4 Å². The minimum absolute atomic E-state index is 0. The van der Waals surface area contributed by atoms with E-state index in [1.54, 1.807) is 14.2 Å².